The molecule has 0 radical (unpaired) electrons. The Balaban J connectivity index is 2.80. The molecular formula is C11H12O. The van der Waals surface area contributed by atoms with Gasteiger partial charge in [-0.1, -0.05) is 32.4 Å². The first-order chi connectivity index (χ1) is 5.74. The van der Waals surface area contributed by atoms with Gasteiger partial charge in [-0.05, 0) is 23.6 Å². The topological polar surface area (TPSA) is 9.23 Å². The van der Waals surface area contributed by atoms with Gasteiger partial charge in [-0.2, -0.15) is 0 Å². The molecule has 0 aliphatic rings. The van der Waals surface area contributed by atoms with E-state index in [0.29, 0.717) is 5.92 Å². The van der Waals surface area contributed by atoms with Crippen molar-refractivity contribution < 1.29 is 4.74 Å². The Bertz CT molecular complexity index is 277. The molecule has 0 bridgehead atoms. The molecule has 0 fully saturated rings. The van der Waals surface area contributed by atoms with Crippen LogP contribution in [0.4, 0.5) is 0 Å². The molecule has 0 aromatic heterocycles. The molecule has 0 saturated heterocycles. The van der Waals surface area contributed by atoms with Crippen molar-refractivity contribution in [2.45, 2.75) is 19.8 Å². The number of ether oxygens (including phenoxy) is 1. The summed E-state index contributed by atoms with van der Waals surface area (Å²) in [4.78, 5) is 0. The SMILES string of the molecule is C#COc1ccc(C(C)C)cc1. The Kier molecular flexibility index (Phi) is 2.76. The van der Waals surface area contributed by atoms with Gasteiger partial charge in [0, 0.05) is 0 Å². The molecule has 1 aromatic rings. The molecule has 62 valence electrons. The average Bonchev–Trinajstić information content (AvgIpc) is 2.06. The summed E-state index contributed by atoms with van der Waals surface area (Å²) < 4.78 is 4.87. The second-order valence-corrected chi connectivity index (χ2v) is 2.94. The van der Waals surface area contributed by atoms with Crippen LogP contribution in [0.15, 0.2) is 24.3 Å². The number of benzene rings is 1. The van der Waals surface area contributed by atoms with Crippen molar-refractivity contribution in [2.24, 2.45) is 0 Å². The summed E-state index contributed by atoms with van der Waals surface area (Å²) in [7, 11) is 0. The minimum absolute atomic E-state index is 0.546. The minimum atomic E-state index is 0.546. The highest BCUT2D eigenvalue weighted by molar-refractivity contribution is 5.29. The Hall–Kier alpha value is -1.42. The number of terminal acetylenes is 1. The van der Waals surface area contributed by atoms with E-state index in [2.05, 4.69) is 20.0 Å². The van der Waals surface area contributed by atoms with E-state index in [1.165, 1.54) is 5.56 Å². The Labute approximate surface area is 73.4 Å². The Morgan fingerprint density at radius 3 is 2.25 bits per heavy atom. The van der Waals surface area contributed by atoms with Gasteiger partial charge in [0.05, 0.1) is 0 Å². The van der Waals surface area contributed by atoms with Gasteiger partial charge < -0.3 is 4.74 Å². The van der Waals surface area contributed by atoms with Crippen molar-refractivity contribution in [1.82, 2.24) is 0 Å². The van der Waals surface area contributed by atoms with E-state index in [4.69, 9.17) is 11.2 Å². The van der Waals surface area contributed by atoms with Crippen LogP contribution >= 0.6 is 0 Å². The van der Waals surface area contributed by atoms with Crippen molar-refractivity contribution >= 4 is 0 Å². The van der Waals surface area contributed by atoms with E-state index in [1.807, 2.05) is 24.3 Å². The van der Waals surface area contributed by atoms with E-state index in [-0.39, 0.29) is 0 Å². The van der Waals surface area contributed by atoms with E-state index in [9.17, 15) is 0 Å². The van der Waals surface area contributed by atoms with Crippen LogP contribution in [0, 0.1) is 12.5 Å². The van der Waals surface area contributed by atoms with Crippen LogP contribution in [0.25, 0.3) is 0 Å². The van der Waals surface area contributed by atoms with Crippen molar-refractivity contribution in [1.29, 1.82) is 0 Å². The summed E-state index contributed by atoms with van der Waals surface area (Å²) in [5.74, 6) is 1.27. The maximum absolute atomic E-state index is 4.99. The predicted octanol–water partition coefficient (Wildman–Crippen LogP) is 2.78. The summed E-state index contributed by atoms with van der Waals surface area (Å²) in [6.45, 7) is 4.30. The van der Waals surface area contributed by atoms with Gasteiger partial charge in [0.2, 0.25) is 0 Å². The molecular weight excluding hydrogens is 148 g/mol. The summed E-state index contributed by atoms with van der Waals surface area (Å²) in [6, 6.07) is 7.82. The highest BCUT2D eigenvalue weighted by Crippen LogP contribution is 2.18. The highest BCUT2D eigenvalue weighted by atomic mass is 16.5. The van der Waals surface area contributed by atoms with Crippen molar-refractivity contribution in [2.75, 3.05) is 0 Å². The minimum Gasteiger partial charge on any atom is -0.408 e. The van der Waals surface area contributed by atoms with Crippen LogP contribution in [-0.4, -0.2) is 0 Å². The van der Waals surface area contributed by atoms with Gasteiger partial charge in [0.15, 0.2) is 0 Å². The van der Waals surface area contributed by atoms with Gasteiger partial charge in [-0.25, -0.2) is 0 Å². The van der Waals surface area contributed by atoms with Gasteiger partial charge >= 0.3 is 0 Å². The monoisotopic (exact) mass is 160 g/mol. The second-order valence-electron chi connectivity index (χ2n) is 2.94. The lowest BCUT2D eigenvalue weighted by molar-refractivity contribution is 0.520. The van der Waals surface area contributed by atoms with Crippen LogP contribution < -0.4 is 4.74 Å². The van der Waals surface area contributed by atoms with Crippen LogP contribution in [0.1, 0.15) is 25.3 Å². The molecule has 0 N–H and O–H groups in total. The van der Waals surface area contributed by atoms with E-state index in [0.717, 1.165) is 5.75 Å². The first-order valence-electron chi connectivity index (χ1n) is 3.96. The molecule has 0 heterocycles. The van der Waals surface area contributed by atoms with E-state index >= 15 is 0 Å². The maximum atomic E-state index is 4.99. The smallest absolute Gasteiger partial charge is 0.140 e. The van der Waals surface area contributed by atoms with Crippen LogP contribution in [0.5, 0.6) is 5.75 Å². The maximum Gasteiger partial charge on any atom is 0.140 e. The quantitative estimate of drug-likeness (QED) is 0.604. The first-order valence-corrected chi connectivity index (χ1v) is 3.96. The van der Waals surface area contributed by atoms with Crippen LogP contribution in [-0.2, 0) is 0 Å². The third-order valence-corrected chi connectivity index (χ3v) is 1.72. The van der Waals surface area contributed by atoms with Gasteiger partial charge in [-0.3, -0.25) is 0 Å². The summed E-state index contributed by atoms with van der Waals surface area (Å²) in [5.41, 5.74) is 1.29. The molecule has 12 heavy (non-hydrogen) atoms. The predicted molar refractivity (Wildman–Crippen MR) is 50.0 cm³/mol. The fraction of sp³-hybridized carbons (Fsp3) is 0.273. The average molecular weight is 160 g/mol. The molecule has 0 aliphatic carbocycles. The Morgan fingerprint density at radius 2 is 1.83 bits per heavy atom. The molecule has 0 saturated carbocycles. The van der Waals surface area contributed by atoms with Crippen molar-refractivity contribution in [3.05, 3.63) is 29.8 Å². The van der Waals surface area contributed by atoms with Gasteiger partial charge in [0.25, 0.3) is 0 Å². The largest absolute Gasteiger partial charge is 0.408 e. The fourth-order valence-electron chi connectivity index (χ4n) is 0.989. The first kappa shape index (κ1) is 8.67. The fourth-order valence-corrected chi connectivity index (χ4v) is 0.989. The van der Waals surface area contributed by atoms with Gasteiger partial charge in [-0.15, -0.1) is 0 Å². The van der Waals surface area contributed by atoms with Gasteiger partial charge in [0.1, 0.15) is 11.9 Å². The molecule has 0 spiro atoms. The number of hydrogen-bond donors (Lipinski definition) is 0. The van der Waals surface area contributed by atoms with Crippen molar-refractivity contribution in [3.8, 4) is 18.3 Å². The zero-order valence-corrected chi connectivity index (χ0v) is 7.37. The summed E-state index contributed by atoms with van der Waals surface area (Å²) in [5, 5.41) is 0. The van der Waals surface area contributed by atoms with E-state index in [1.54, 1.807) is 0 Å². The Morgan fingerprint density at radius 1 is 1.25 bits per heavy atom. The molecule has 1 heteroatoms. The van der Waals surface area contributed by atoms with Crippen LogP contribution in [0.2, 0.25) is 0 Å². The lowest BCUT2D eigenvalue weighted by Gasteiger charge is -2.04. The highest BCUT2D eigenvalue weighted by Gasteiger charge is 1.98. The molecule has 1 aromatic carbocycles. The molecule has 0 unspecified atom stereocenters. The molecule has 1 nitrogen and oxygen atoms in total. The summed E-state index contributed by atoms with van der Waals surface area (Å²) in [6.07, 6.45) is 7.12. The summed E-state index contributed by atoms with van der Waals surface area (Å²) >= 11 is 0. The molecule has 0 aliphatic heterocycles. The third-order valence-electron chi connectivity index (χ3n) is 1.72. The molecule has 0 amide bonds. The standard InChI is InChI=1S/C11H12O/c1-4-12-11-7-5-10(6-8-11)9(2)3/h1,5-9H,2-3H3. The third kappa shape index (κ3) is 2.03. The zero-order chi connectivity index (χ0) is 8.97. The molecule has 0 atom stereocenters. The lowest BCUT2D eigenvalue weighted by atomic mass is 10.0. The normalized spacial score (nSPS) is 9.50. The number of hydrogen-bond acceptors (Lipinski definition) is 1. The number of rotatable bonds is 2. The lowest BCUT2D eigenvalue weighted by Crippen LogP contribution is -1.87. The zero-order valence-electron chi connectivity index (χ0n) is 7.37. The van der Waals surface area contributed by atoms with E-state index < -0.39 is 0 Å². The molecule has 1 rings (SSSR count). The van der Waals surface area contributed by atoms with Crippen molar-refractivity contribution in [3.63, 3.8) is 0 Å². The van der Waals surface area contributed by atoms with Crippen LogP contribution in [0.3, 0.4) is 0 Å². The second kappa shape index (κ2) is 3.82.